The number of aromatic nitrogens is 1. The Morgan fingerprint density at radius 1 is 1.47 bits per heavy atom. The number of benzene rings is 1. The van der Waals surface area contributed by atoms with Crippen molar-refractivity contribution in [3.05, 3.63) is 28.2 Å². The minimum Gasteiger partial charge on any atom is -0.506 e. The van der Waals surface area contributed by atoms with Crippen LogP contribution in [0, 0.1) is 6.92 Å². The Labute approximate surface area is 94.8 Å². The summed E-state index contributed by atoms with van der Waals surface area (Å²) in [6.45, 7) is 1.88. The highest BCUT2D eigenvalue weighted by atomic mass is 79.9. The van der Waals surface area contributed by atoms with E-state index in [0.29, 0.717) is 21.6 Å². The lowest BCUT2D eigenvalue weighted by atomic mass is 10.1. The van der Waals surface area contributed by atoms with Crippen LogP contribution in [-0.2, 0) is 0 Å². The van der Waals surface area contributed by atoms with Gasteiger partial charge in [-0.2, -0.15) is 0 Å². The van der Waals surface area contributed by atoms with Gasteiger partial charge in [0.2, 0.25) is 0 Å². The molecule has 0 bridgehead atoms. The van der Waals surface area contributed by atoms with E-state index in [1.807, 2.05) is 13.0 Å². The van der Waals surface area contributed by atoms with Crippen molar-refractivity contribution < 1.29 is 9.63 Å². The van der Waals surface area contributed by atoms with Gasteiger partial charge in [-0.05, 0) is 34.5 Å². The molecule has 1 heterocycles. The third-order valence-corrected chi connectivity index (χ3v) is 2.75. The van der Waals surface area contributed by atoms with Gasteiger partial charge in [0.05, 0.1) is 10.0 Å². The number of phenolic OH excluding ortho intramolecular Hbond substituents is 1. The molecule has 2 rings (SSSR count). The number of aromatic hydroxyl groups is 1. The number of hydrogen-bond acceptors (Lipinski definition) is 4. The zero-order valence-corrected chi connectivity index (χ0v) is 9.58. The maximum Gasteiger partial charge on any atom is 0.173 e. The van der Waals surface area contributed by atoms with Gasteiger partial charge in [-0.25, -0.2) is 0 Å². The molecule has 0 radical (unpaired) electrons. The highest BCUT2D eigenvalue weighted by molar-refractivity contribution is 9.10. The monoisotopic (exact) mass is 268 g/mol. The van der Waals surface area contributed by atoms with Crippen molar-refractivity contribution >= 4 is 21.7 Å². The first-order valence-corrected chi connectivity index (χ1v) is 5.09. The highest BCUT2D eigenvalue weighted by Crippen LogP contribution is 2.38. The Kier molecular flexibility index (Phi) is 2.40. The average molecular weight is 269 g/mol. The zero-order valence-electron chi connectivity index (χ0n) is 7.99. The van der Waals surface area contributed by atoms with Crippen LogP contribution < -0.4 is 5.73 Å². The fourth-order valence-electron chi connectivity index (χ4n) is 1.38. The zero-order chi connectivity index (χ0) is 11.0. The Morgan fingerprint density at radius 2 is 2.20 bits per heavy atom. The van der Waals surface area contributed by atoms with Crippen LogP contribution in [0.4, 0.5) is 5.82 Å². The van der Waals surface area contributed by atoms with Crippen LogP contribution in [0.5, 0.6) is 5.75 Å². The van der Waals surface area contributed by atoms with Crippen molar-refractivity contribution in [3.8, 4) is 17.1 Å². The number of phenols is 1. The van der Waals surface area contributed by atoms with Crippen molar-refractivity contribution in [1.82, 2.24) is 5.16 Å². The van der Waals surface area contributed by atoms with Gasteiger partial charge in [0.15, 0.2) is 11.6 Å². The van der Waals surface area contributed by atoms with Gasteiger partial charge >= 0.3 is 0 Å². The number of rotatable bonds is 1. The number of nitrogens with two attached hydrogens (primary N) is 1. The molecule has 2 aromatic rings. The van der Waals surface area contributed by atoms with Gasteiger partial charge in [0, 0.05) is 6.07 Å². The normalized spacial score (nSPS) is 10.5. The molecule has 4 nitrogen and oxygen atoms in total. The minimum absolute atomic E-state index is 0.131. The second kappa shape index (κ2) is 3.58. The van der Waals surface area contributed by atoms with Crippen molar-refractivity contribution in [1.29, 1.82) is 0 Å². The molecule has 0 amide bonds. The van der Waals surface area contributed by atoms with E-state index in [2.05, 4.69) is 21.1 Å². The third-order valence-electron chi connectivity index (χ3n) is 2.11. The maximum absolute atomic E-state index is 9.87. The Bertz CT molecular complexity index is 508. The largest absolute Gasteiger partial charge is 0.506 e. The van der Waals surface area contributed by atoms with Crippen molar-refractivity contribution in [2.45, 2.75) is 6.92 Å². The summed E-state index contributed by atoms with van der Waals surface area (Å²) < 4.78 is 5.62. The van der Waals surface area contributed by atoms with E-state index in [1.54, 1.807) is 12.1 Å². The lowest BCUT2D eigenvalue weighted by Gasteiger charge is -2.06. The maximum atomic E-state index is 9.87. The molecular weight excluding hydrogens is 260 g/mol. The van der Waals surface area contributed by atoms with Crippen LogP contribution in [0.25, 0.3) is 11.3 Å². The van der Waals surface area contributed by atoms with E-state index < -0.39 is 0 Å². The summed E-state index contributed by atoms with van der Waals surface area (Å²) in [5.74, 6) is 0.888. The van der Waals surface area contributed by atoms with Crippen molar-refractivity contribution in [2.24, 2.45) is 0 Å². The summed E-state index contributed by atoms with van der Waals surface area (Å²) in [5, 5.41) is 13.4. The van der Waals surface area contributed by atoms with Crippen LogP contribution in [0.3, 0.4) is 0 Å². The van der Waals surface area contributed by atoms with Gasteiger partial charge in [0.1, 0.15) is 5.75 Å². The first-order chi connectivity index (χ1) is 7.09. The number of nitrogen functional groups attached to an aromatic ring is 1. The molecule has 5 heteroatoms. The van der Waals surface area contributed by atoms with Gasteiger partial charge in [-0.1, -0.05) is 11.2 Å². The summed E-state index contributed by atoms with van der Waals surface area (Å²) in [4.78, 5) is 0. The molecule has 0 aliphatic heterocycles. The fourth-order valence-corrected chi connectivity index (χ4v) is 1.71. The summed E-state index contributed by atoms with van der Waals surface area (Å²) in [6, 6.07) is 5.22. The Balaban J connectivity index is 2.66. The van der Waals surface area contributed by atoms with E-state index in [9.17, 15) is 5.11 Å². The second-order valence-corrected chi connectivity index (χ2v) is 4.06. The number of nitrogens with zero attached hydrogens (tertiary/aromatic N) is 1. The van der Waals surface area contributed by atoms with E-state index in [1.165, 1.54) is 0 Å². The predicted molar refractivity (Wildman–Crippen MR) is 60.5 cm³/mol. The molecule has 0 aliphatic carbocycles. The smallest absolute Gasteiger partial charge is 0.173 e. The van der Waals surface area contributed by atoms with Gasteiger partial charge in [-0.15, -0.1) is 0 Å². The molecule has 78 valence electrons. The molecule has 0 unspecified atom stereocenters. The lowest BCUT2D eigenvalue weighted by Crippen LogP contribution is -1.84. The molecule has 0 fully saturated rings. The van der Waals surface area contributed by atoms with E-state index in [-0.39, 0.29) is 5.75 Å². The van der Waals surface area contributed by atoms with E-state index >= 15 is 0 Å². The summed E-state index contributed by atoms with van der Waals surface area (Å²) in [5.41, 5.74) is 6.96. The first-order valence-electron chi connectivity index (χ1n) is 4.30. The van der Waals surface area contributed by atoms with Crippen LogP contribution in [-0.4, -0.2) is 10.3 Å². The molecule has 0 saturated carbocycles. The fraction of sp³-hybridized carbons (Fsp3) is 0.100. The average Bonchev–Trinajstić information content (AvgIpc) is 2.59. The quantitative estimate of drug-likeness (QED) is 0.834. The predicted octanol–water partition coefficient (Wildman–Crippen LogP) is 2.70. The molecular formula is C10H9BrN2O2. The third kappa shape index (κ3) is 1.70. The van der Waals surface area contributed by atoms with E-state index in [4.69, 9.17) is 10.3 Å². The Morgan fingerprint density at radius 3 is 2.80 bits per heavy atom. The van der Waals surface area contributed by atoms with Crippen LogP contribution in [0.1, 0.15) is 5.56 Å². The second-order valence-electron chi connectivity index (χ2n) is 3.20. The lowest BCUT2D eigenvalue weighted by molar-refractivity contribution is 0.428. The highest BCUT2D eigenvalue weighted by Gasteiger charge is 2.14. The minimum atomic E-state index is 0.131. The molecule has 0 atom stereocenters. The topological polar surface area (TPSA) is 72.3 Å². The van der Waals surface area contributed by atoms with Crippen molar-refractivity contribution in [3.63, 3.8) is 0 Å². The summed E-state index contributed by atoms with van der Waals surface area (Å²) in [6.07, 6.45) is 0. The summed E-state index contributed by atoms with van der Waals surface area (Å²) >= 11 is 3.24. The standard InChI is InChI=1S/C10H9BrN2O2/c1-5-2-3-6(11)10(14)9(5)7-4-8(12)13-15-7/h2-4,14H,1H3,(H2,12,13). The van der Waals surface area contributed by atoms with Crippen molar-refractivity contribution in [2.75, 3.05) is 5.73 Å². The molecule has 0 spiro atoms. The molecule has 15 heavy (non-hydrogen) atoms. The number of anilines is 1. The summed E-state index contributed by atoms with van der Waals surface area (Å²) in [7, 11) is 0. The number of halogens is 1. The molecule has 0 aliphatic rings. The van der Waals surface area contributed by atoms with Gasteiger partial charge in [-0.3, -0.25) is 0 Å². The van der Waals surface area contributed by atoms with Crippen LogP contribution in [0.15, 0.2) is 27.2 Å². The number of hydrogen-bond donors (Lipinski definition) is 2. The SMILES string of the molecule is Cc1ccc(Br)c(O)c1-c1cc(N)no1. The number of aryl methyl sites for hydroxylation is 1. The van der Waals surface area contributed by atoms with Crippen LogP contribution >= 0.6 is 15.9 Å². The molecule has 0 saturated heterocycles. The Hall–Kier alpha value is -1.49. The molecule has 3 N–H and O–H groups in total. The first kappa shape index (κ1) is 10.0. The van der Waals surface area contributed by atoms with Gasteiger partial charge < -0.3 is 15.4 Å². The van der Waals surface area contributed by atoms with E-state index in [0.717, 1.165) is 5.56 Å². The van der Waals surface area contributed by atoms with Gasteiger partial charge in [0.25, 0.3) is 0 Å². The molecule has 1 aromatic carbocycles. The van der Waals surface area contributed by atoms with Crippen LogP contribution in [0.2, 0.25) is 0 Å². The molecule has 1 aromatic heterocycles.